The van der Waals surface area contributed by atoms with Gasteiger partial charge in [-0.3, -0.25) is 9.59 Å². The first-order valence-electron chi connectivity index (χ1n) is 17.1. The monoisotopic (exact) mass is 687 g/mol. The molecule has 10 heteroatoms. The van der Waals surface area contributed by atoms with E-state index in [0.29, 0.717) is 30.2 Å². The average molecular weight is 688 g/mol. The molecule has 0 saturated heterocycles. The number of aromatic amines is 1. The number of nitrogens with zero attached hydrogens (tertiary/aromatic N) is 2. The Balaban J connectivity index is 1.48. The zero-order chi connectivity index (χ0) is 36.1. The normalized spacial score (nSPS) is 12.3. The van der Waals surface area contributed by atoms with Gasteiger partial charge in [-0.25, -0.2) is 9.78 Å². The van der Waals surface area contributed by atoms with E-state index in [4.69, 9.17) is 9.47 Å². The Hall–Kier alpha value is -5.90. The summed E-state index contributed by atoms with van der Waals surface area (Å²) in [5.41, 5.74) is 3.75. The van der Waals surface area contributed by atoms with E-state index in [9.17, 15) is 14.4 Å². The number of hydrogen-bond donors (Lipinski definition) is 3. The number of carbonyl (C=O) groups excluding carboxylic acids is 3. The second kappa shape index (κ2) is 17.7. The first-order chi connectivity index (χ1) is 24.7. The molecule has 1 heterocycles. The van der Waals surface area contributed by atoms with Crippen LogP contribution in [0.1, 0.15) is 54.8 Å². The van der Waals surface area contributed by atoms with Crippen molar-refractivity contribution in [1.29, 1.82) is 0 Å². The highest BCUT2D eigenvalue weighted by atomic mass is 16.5. The number of amides is 3. The zero-order valence-corrected chi connectivity index (χ0v) is 29.3. The molecule has 5 rings (SSSR count). The van der Waals surface area contributed by atoms with Crippen LogP contribution in [0.2, 0.25) is 0 Å². The smallest absolute Gasteiger partial charge is 0.407 e. The van der Waals surface area contributed by atoms with E-state index in [1.165, 1.54) is 11.2 Å². The third kappa shape index (κ3) is 10.3. The number of H-pyrrole nitrogens is 1. The van der Waals surface area contributed by atoms with E-state index in [1.54, 1.807) is 13.1 Å². The molecule has 4 aromatic carbocycles. The summed E-state index contributed by atoms with van der Waals surface area (Å²) in [4.78, 5) is 50.6. The lowest BCUT2D eigenvalue weighted by Gasteiger charge is -2.35. The fourth-order valence-electron chi connectivity index (χ4n) is 5.76. The number of ether oxygens (including phenoxy) is 2. The summed E-state index contributed by atoms with van der Waals surface area (Å²) in [6.45, 7) is 6.75. The number of alkyl carbamates (subject to hydrolysis) is 1. The van der Waals surface area contributed by atoms with Crippen LogP contribution in [-0.4, -0.2) is 52.0 Å². The Morgan fingerprint density at radius 2 is 1.49 bits per heavy atom. The maximum atomic E-state index is 14.8. The van der Waals surface area contributed by atoms with E-state index >= 15 is 0 Å². The van der Waals surface area contributed by atoms with Crippen molar-refractivity contribution >= 4 is 17.9 Å². The Morgan fingerprint density at radius 3 is 2.12 bits per heavy atom. The number of nitrogens with one attached hydrogen (secondary N) is 3. The van der Waals surface area contributed by atoms with Crippen molar-refractivity contribution in [2.24, 2.45) is 0 Å². The molecule has 0 aliphatic carbocycles. The van der Waals surface area contributed by atoms with Crippen molar-refractivity contribution in [3.8, 4) is 5.75 Å². The molecule has 5 aromatic rings. The molecule has 2 unspecified atom stereocenters. The van der Waals surface area contributed by atoms with Crippen molar-refractivity contribution in [3.63, 3.8) is 0 Å². The molecule has 3 N–H and O–H groups in total. The lowest BCUT2D eigenvalue weighted by molar-refractivity contribution is -0.143. The van der Waals surface area contributed by atoms with Crippen LogP contribution >= 0.6 is 0 Å². The molecular formula is C41H45N5O5. The third-order valence-electron chi connectivity index (χ3n) is 8.59. The van der Waals surface area contributed by atoms with Gasteiger partial charge in [0.2, 0.25) is 11.8 Å². The number of rotatable bonds is 16. The second-order valence-corrected chi connectivity index (χ2v) is 12.9. The van der Waals surface area contributed by atoms with Crippen LogP contribution in [0.5, 0.6) is 5.75 Å². The largest absolute Gasteiger partial charge is 0.489 e. The molecule has 0 radical (unpaired) electrons. The average Bonchev–Trinajstić information content (AvgIpc) is 3.67. The molecule has 0 aliphatic heterocycles. The van der Waals surface area contributed by atoms with Crippen LogP contribution < -0.4 is 15.4 Å². The molecule has 0 aliphatic rings. The van der Waals surface area contributed by atoms with Gasteiger partial charge in [-0.05, 0) is 41.3 Å². The molecule has 264 valence electrons. The van der Waals surface area contributed by atoms with Crippen LogP contribution in [0, 0.1) is 0 Å². The number of imidazole rings is 1. The van der Waals surface area contributed by atoms with Gasteiger partial charge in [0.1, 0.15) is 24.4 Å². The maximum absolute atomic E-state index is 14.8. The summed E-state index contributed by atoms with van der Waals surface area (Å²) < 4.78 is 11.2. The number of aromatic nitrogens is 2. The van der Waals surface area contributed by atoms with Gasteiger partial charge in [-0.15, -0.1) is 0 Å². The summed E-state index contributed by atoms with van der Waals surface area (Å²) in [6.07, 6.45) is 2.47. The van der Waals surface area contributed by atoms with Gasteiger partial charge >= 0.3 is 6.09 Å². The van der Waals surface area contributed by atoms with Gasteiger partial charge in [0, 0.05) is 36.8 Å². The number of benzene rings is 4. The van der Waals surface area contributed by atoms with Crippen LogP contribution in [0.15, 0.2) is 128 Å². The van der Waals surface area contributed by atoms with E-state index in [2.05, 4.69) is 34.4 Å². The Kier molecular flexibility index (Phi) is 12.6. The zero-order valence-electron chi connectivity index (χ0n) is 29.3. The van der Waals surface area contributed by atoms with Gasteiger partial charge in [-0.1, -0.05) is 117 Å². The lowest BCUT2D eigenvalue weighted by Crippen LogP contribution is -2.53. The number of hydrogen-bond acceptors (Lipinski definition) is 6. The van der Waals surface area contributed by atoms with Gasteiger partial charge < -0.3 is 30.0 Å². The van der Waals surface area contributed by atoms with E-state index < -0.39 is 29.5 Å². The van der Waals surface area contributed by atoms with Crippen molar-refractivity contribution in [2.75, 3.05) is 13.2 Å². The Labute approximate surface area is 299 Å². The van der Waals surface area contributed by atoms with Gasteiger partial charge in [-0.2, -0.15) is 0 Å². The van der Waals surface area contributed by atoms with Gasteiger partial charge in [0.25, 0.3) is 0 Å². The van der Waals surface area contributed by atoms with Crippen LogP contribution in [-0.2, 0) is 39.3 Å². The summed E-state index contributed by atoms with van der Waals surface area (Å²) >= 11 is 0. The van der Waals surface area contributed by atoms with Crippen molar-refractivity contribution in [1.82, 2.24) is 25.5 Å². The molecule has 0 spiro atoms. The highest BCUT2D eigenvalue weighted by molar-refractivity contribution is 5.92. The predicted molar refractivity (Wildman–Crippen MR) is 196 cm³/mol. The molecule has 3 amide bonds. The first kappa shape index (κ1) is 36.4. The van der Waals surface area contributed by atoms with E-state index in [-0.39, 0.29) is 25.5 Å². The van der Waals surface area contributed by atoms with E-state index in [0.717, 1.165) is 16.7 Å². The van der Waals surface area contributed by atoms with E-state index in [1.807, 2.05) is 115 Å². The standard InChI is InChI=1S/C41H45N5O5/c1-4-50-40(49)45-36(24-34-25-42-29-44-34)39(48)46(26-30-20-22-35(23-21-30)51-27-31-14-8-5-9-15-31)37(32-16-10-6-11-17-32)38(47)43-28-41(2,3)33-18-12-7-13-19-33/h5-23,25,29,36-37H,4,24,26-28H2,1-3H3,(H,42,44)(H,43,47)(H,45,49). The van der Waals surface area contributed by atoms with Crippen LogP contribution in [0.4, 0.5) is 4.79 Å². The number of carbonyl (C=O) groups is 3. The SMILES string of the molecule is CCOC(=O)NC(Cc1cnc[nH]1)C(=O)N(Cc1ccc(OCc2ccccc2)cc1)C(C(=O)NCC(C)(C)c1ccccc1)c1ccccc1. The van der Waals surface area contributed by atoms with Crippen LogP contribution in [0.3, 0.4) is 0 Å². The molecule has 0 fully saturated rings. The van der Waals surface area contributed by atoms with Crippen LogP contribution in [0.25, 0.3) is 0 Å². The summed E-state index contributed by atoms with van der Waals surface area (Å²) in [7, 11) is 0. The van der Waals surface area contributed by atoms with Crippen molar-refractivity contribution in [2.45, 2.75) is 57.8 Å². The second-order valence-electron chi connectivity index (χ2n) is 12.9. The molecule has 10 nitrogen and oxygen atoms in total. The van der Waals surface area contributed by atoms with Crippen molar-refractivity contribution < 1.29 is 23.9 Å². The maximum Gasteiger partial charge on any atom is 0.407 e. The first-order valence-corrected chi connectivity index (χ1v) is 17.1. The van der Waals surface area contributed by atoms with Gasteiger partial charge in [0.15, 0.2) is 0 Å². The fraction of sp³-hybridized carbons (Fsp3) is 0.268. The predicted octanol–water partition coefficient (Wildman–Crippen LogP) is 6.51. The van der Waals surface area contributed by atoms with Crippen molar-refractivity contribution in [3.05, 3.63) is 156 Å². The molecule has 0 saturated carbocycles. The summed E-state index contributed by atoms with van der Waals surface area (Å²) in [6, 6.07) is 34.4. The topological polar surface area (TPSA) is 126 Å². The summed E-state index contributed by atoms with van der Waals surface area (Å²) in [5.74, 6) is -0.145. The van der Waals surface area contributed by atoms with Gasteiger partial charge in [0.05, 0.1) is 12.9 Å². The Morgan fingerprint density at radius 1 is 0.843 bits per heavy atom. The minimum absolute atomic E-state index is 0.0663. The minimum Gasteiger partial charge on any atom is -0.489 e. The highest BCUT2D eigenvalue weighted by Gasteiger charge is 2.37. The highest BCUT2D eigenvalue weighted by Crippen LogP contribution is 2.28. The third-order valence-corrected chi connectivity index (χ3v) is 8.59. The minimum atomic E-state index is -1.07. The Bertz CT molecular complexity index is 1820. The molecule has 0 bridgehead atoms. The molecule has 51 heavy (non-hydrogen) atoms. The molecule has 1 aromatic heterocycles. The quantitative estimate of drug-likeness (QED) is 0.109. The summed E-state index contributed by atoms with van der Waals surface area (Å²) in [5, 5.41) is 5.88. The molecular weight excluding hydrogens is 642 g/mol. The molecule has 2 atom stereocenters. The lowest BCUT2D eigenvalue weighted by atomic mass is 9.84. The fourth-order valence-corrected chi connectivity index (χ4v) is 5.76.